The van der Waals surface area contributed by atoms with E-state index in [1.807, 2.05) is 20.2 Å². The molecule has 0 aliphatic carbocycles. The highest BCUT2D eigenvalue weighted by Gasteiger charge is 2.24. The third kappa shape index (κ3) is 4.66. The lowest BCUT2D eigenvalue weighted by molar-refractivity contribution is 0.0984. The molecule has 1 aliphatic heterocycles. The van der Waals surface area contributed by atoms with E-state index in [4.69, 9.17) is 9.47 Å². The zero-order valence-electron chi connectivity index (χ0n) is 16.8. The van der Waals surface area contributed by atoms with Crippen LogP contribution < -0.4 is 14.4 Å². The van der Waals surface area contributed by atoms with Gasteiger partial charge in [0.25, 0.3) is 5.91 Å². The van der Waals surface area contributed by atoms with E-state index in [-0.39, 0.29) is 24.1 Å². The van der Waals surface area contributed by atoms with Gasteiger partial charge in [0.1, 0.15) is 24.5 Å². The second kappa shape index (κ2) is 9.59. The van der Waals surface area contributed by atoms with Gasteiger partial charge in [-0.05, 0) is 57.4 Å². The normalized spacial score (nSPS) is 12.7. The van der Waals surface area contributed by atoms with E-state index in [0.29, 0.717) is 52.2 Å². The molecule has 0 unspecified atom stereocenters. The van der Waals surface area contributed by atoms with Crippen molar-refractivity contribution in [1.29, 1.82) is 0 Å². The first-order valence-corrected chi connectivity index (χ1v) is 10.3. The van der Waals surface area contributed by atoms with E-state index in [9.17, 15) is 9.18 Å². The Morgan fingerprint density at radius 2 is 1.90 bits per heavy atom. The van der Waals surface area contributed by atoms with E-state index >= 15 is 0 Å². The molecule has 4 rings (SSSR count). The molecule has 30 heavy (non-hydrogen) atoms. The minimum Gasteiger partial charge on any atom is -0.486 e. The predicted molar refractivity (Wildman–Crippen MR) is 119 cm³/mol. The van der Waals surface area contributed by atoms with E-state index in [1.54, 1.807) is 29.2 Å². The summed E-state index contributed by atoms with van der Waals surface area (Å²) in [6.07, 6.45) is 0.766. The second-order valence-corrected chi connectivity index (χ2v) is 8.06. The molecule has 0 N–H and O–H groups in total. The summed E-state index contributed by atoms with van der Waals surface area (Å²) in [6.45, 7) is 2.25. The monoisotopic (exact) mass is 451 g/mol. The number of rotatable bonds is 6. The molecule has 0 radical (unpaired) electrons. The highest BCUT2D eigenvalue weighted by atomic mass is 35.5. The van der Waals surface area contributed by atoms with E-state index in [2.05, 4.69) is 9.88 Å². The Bertz CT molecular complexity index is 1040. The summed E-state index contributed by atoms with van der Waals surface area (Å²) in [6, 6.07) is 10.0. The lowest BCUT2D eigenvalue weighted by atomic mass is 10.1. The fourth-order valence-electron chi connectivity index (χ4n) is 3.18. The van der Waals surface area contributed by atoms with Crippen molar-refractivity contribution in [3.05, 3.63) is 47.8 Å². The molecule has 0 bridgehead atoms. The first-order valence-electron chi connectivity index (χ1n) is 9.44. The number of halogens is 2. The first-order chi connectivity index (χ1) is 14.0. The highest BCUT2D eigenvalue weighted by Crippen LogP contribution is 2.34. The van der Waals surface area contributed by atoms with Crippen molar-refractivity contribution < 1.29 is 18.7 Å². The molecular formula is C21H23ClFN3O3S. The molecule has 6 nitrogen and oxygen atoms in total. The van der Waals surface area contributed by atoms with Crippen molar-refractivity contribution in [2.24, 2.45) is 0 Å². The van der Waals surface area contributed by atoms with Gasteiger partial charge in [-0.3, -0.25) is 9.69 Å². The van der Waals surface area contributed by atoms with Crippen LogP contribution in [0, 0.1) is 5.82 Å². The van der Waals surface area contributed by atoms with Crippen LogP contribution >= 0.6 is 23.7 Å². The first kappa shape index (κ1) is 22.3. The molecule has 3 aromatic rings. The van der Waals surface area contributed by atoms with Gasteiger partial charge in [0, 0.05) is 12.1 Å². The highest BCUT2D eigenvalue weighted by molar-refractivity contribution is 7.22. The summed E-state index contributed by atoms with van der Waals surface area (Å²) >= 11 is 1.31. The van der Waals surface area contributed by atoms with Crippen LogP contribution in [0.4, 0.5) is 9.52 Å². The Balaban J connectivity index is 0.00000256. The minimum absolute atomic E-state index is 0. The predicted octanol–water partition coefficient (Wildman–Crippen LogP) is 4.23. The average molecular weight is 452 g/mol. The molecule has 0 atom stereocenters. The SMILES string of the molecule is CN(C)CCCN(C(=O)c1ccc2c(c1)OCCO2)c1nc2c(F)cccc2s1.Cl. The topological polar surface area (TPSA) is 54.9 Å². The van der Waals surface area contributed by atoms with Gasteiger partial charge in [0.15, 0.2) is 16.6 Å². The molecule has 2 heterocycles. The molecule has 0 spiro atoms. The largest absolute Gasteiger partial charge is 0.486 e. The molecule has 160 valence electrons. The maximum Gasteiger partial charge on any atom is 0.260 e. The molecule has 9 heteroatoms. The van der Waals surface area contributed by atoms with Crippen molar-refractivity contribution in [1.82, 2.24) is 9.88 Å². The second-order valence-electron chi connectivity index (χ2n) is 7.06. The number of hydrogen-bond acceptors (Lipinski definition) is 6. The van der Waals surface area contributed by atoms with Crippen LogP contribution in [0.15, 0.2) is 36.4 Å². The van der Waals surface area contributed by atoms with Crippen LogP contribution in [0.25, 0.3) is 10.2 Å². The zero-order chi connectivity index (χ0) is 20.4. The number of benzene rings is 2. The van der Waals surface area contributed by atoms with Gasteiger partial charge in [-0.2, -0.15) is 0 Å². The molecule has 0 saturated carbocycles. The fourth-order valence-corrected chi connectivity index (χ4v) is 4.18. The molecular weight excluding hydrogens is 429 g/mol. The number of fused-ring (bicyclic) bond motifs is 2. The van der Waals surface area contributed by atoms with Gasteiger partial charge in [0.2, 0.25) is 0 Å². The summed E-state index contributed by atoms with van der Waals surface area (Å²) in [5.74, 6) is 0.616. The van der Waals surface area contributed by atoms with Crippen molar-refractivity contribution in [3.63, 3.8) is 0 Å². The number of carbonyl (C=O) groups is 1. The van der Waals surface area contributed by atoms with E-state index in [1.165, 1.54) is 17.4 Å². The van der Waals surface area contributed by atoms with E-state index in [0.717, 1.165) is 13.0 Å². The summed E-state index contributed by atoms with van der Waals surface area (Å²) in [7, 11) is 3.97. The number of amides is 1. The van der Waals surface area contributed by atoms with Crippen molar-refractivity contribution in [2.45, 2.75) is 6.42 Å². The Hall–Kier alpha value is -2.42. The summed E-state index contributed by atoms with van der Waals surface area (Å²) in [5.41, 5.74) is 0.777. The van der Waals surface area contributed by atoms with Gasteiger partial charge in [-0.25, -0.2) is 9.37 Å². The maximum atomic E-state index is 14.1. The van der Waals surface area contributed by atoms with E-state index < -0.39 is 0 Å². The summed E-state index contributed by atoms with van der Waals surface area (Å²) in [4.78, 5) is 21.5. The summed E-state index contributed by atoms with van der Waals surface area (Å²) in [5, 5.41) is 0.490. The average Bonchev–Trinajstić information content (AvgIpc) is 3.15. The third-order valence-electron chi connectivity index (χ3n) is 4.61. The summed E-state index contributed by atoms with van der Waals surface area (Å²) < 4.78 is 26.0. The Morgan fingerprint density at radius 1 is 1.13 bits per heavy atom. The Morgan fingerprint density at radius 3 is 2.63 bits per heavy atom. The number of anilines is 1. The molecule has 1 amide bonds. The van der Waals surface area contributed by atoms with Gasteiger partial charge >= 0.3 is 0 Å². The van der Waals surface area contributed by atoms with Crippen molar-refractivity contribution >= 4 is 45.0 Å². The number of ether oxygens (including phenoxy) is 2. The van der Waals surface area contributed by atoms with Crippen LogP contribution in [0.1, 0.15) is 16.8 Å². The quantitative estimate of drug-likeness (QED) is 0.561. The van der Waals surface area contributed by atoms with Crippen molar-refractivity contribution in [3.8, 4) is 11.5 Å². The lowest BCUT2D eigenvalue weighted by Gasteiger charge is -2.23. The standard InChI is InChI=1S/C21H22FN3O3S.ClH/c1-24(2)9-4-10-25(21-23-19-15(22)5-3-6-18(19)29-21)20(26)14-7-8-16-17(13-14)28-12-11-27-16;/h3,5-8,13H,4,9-12H2,1-2H3;1H. The smallest absolute Gasteiger partial charge is 0.260 e. The molecule has 2 aromatic carbocycles. The number of carbonyl (C=O) groups excluding carboxylic acids is 1. The Kier molecular flexibility index (Phi) is 7.12. The van der Waals surface area contributed by atoms with Crippen LogP contribution in [0.3, 0.4) is 0 Å². The minimum atomic E-state index is -0.384. The van der Waals surface area contributed by atoms with Crippen LogP contribution in [0.2, 0.25) is 0 Å². The van der Waals surface area contributed by atoms with Crippen LogP contribution in [0.5, 0.6) is 11.5 Å². The lowest BCUT2D eigenvalue weighted by Crippen LogP contribution is -2.33. The fraction of sp³-hybridized carbons (Fsp3) is 0.333. The van der Waals surface area contributed by atoms with Crippen molar-refractivity contribution in [2.75, 3.05) is 45.3 Å². The van der Waals surface area contributed by atoms with Crippen LogP contribution in [-0.2, 0) is 0 Å². The van der Waals surface area contributed by atoms with Gasteiger partial charge < -0.3 is 14.4 Å². The van der Waals surface area contributed by atoms with Crippen LogP contribution in [-0.4, -0.2) is 56.2 Å². The van der Waals surface area contributed by atoms with Gasteiger partial charge in [-0.15, -0.1) is 12.4 Å². The Labute approximate surface area is 184 Å². The number of thiazole rings is 1. The number of hydrogen-bond donors (Lipinski definition) is 0. The van der Waals surface area contributed by atoms with Gasteiger partial charge in [0.05, 0.1) is 4.70 Å². The zero-order valence-corrected chi connectivity index (χ0v) is 18.4. The third-order valence-corrected chi connectivity index (χ3v) is 5.65. The number of nitrogens with zero attached hydrogens (tertiary/aromatic N) is 3. The number of aromatic nitrogens is 1. The molecule has 1 aromatic heterocycles. The molecule has 1 aliphatic rings. The molecule has 0 fully saturated rings. The van der Waals surface area contributed by atoms with Gasteiger partial charge in [-0.1, -0.05) is 17.4 Å². The number of para-hydroxylation sites is 1. The molecule has 0 saturated heterocycles. The maximum absolute atomic E-state index is 14.1.